The summed E-state index contributed by atoms with van der Waals surface area (Å²) in [5, 5.41) is 14.9. The summed E-state index contributed by atoms with van der Waals surface area (Å²) >= 11 is 1.38. The number of nitrogens with zero attached hydrogens (tertiary/aromatic N) is 3. The van der Waals surface area contributed by atoms with Gasteiger partial charge in [0.2, 0.25) is 0 Å². The van der Waals surface area contributed by atoms with Crippen LogP contribution < -0.4 is 10.2 Å². The molecule has 2 N–H and O–H groups in total. The quantitative estimate of drug-likeness (QED) is 0.629. The zero-order valence-electron chi connectivity index (χ0n) is 16.7. The minimum Gasteiger partial charge on any atom is -0.393 e. The Morgan fingerprint density at radius 2 is 2.07 bits per heavy atom. The smallest absolute Gasteiger partial charge is 0.276 e. The highest BCUT2D eigenvalue weighted by molar-refractivity contribution is 7.14. The van der Waals surface area contributed by atoms with Crippen LogP contribution >= 0.6 is 11.3 Å². The second-order valence-electron chi connectivity index (χ2n) is 7.20. The normalized spacial score (nSPS) is 14.7. The number of methoxy groups -OCH3 is 1. The Labute approximate surface area is 179 Å². The number of anilines is 2. The van der Waals surface area contributed by atoms with E-state index in [0.717, 1.165) is 48.4 Å². The lowest BCUT2D eigenvalue weighted by molar-refractivity contribution is 0.102. The Balaban J connectivity index is 1.42. The van der Waals surface area contributed by atoms with E-state index in [1.165, 1.54) is 11.3 Å². The van der Waals surface area contributed by atoms with Crippen molar-refractivity contribution >= 4 is 28.1 Å². The van der Waals surface area contributed by atoms with Gasteiger partial charge in [0, 0.05) is 31.1 Å². The highest BCUT2D eigenvalue weighted by atomic mass is 32.1. The van der Waals surface area contributed by atoms with Gasteiger partial charge in [-0.05, 0) is 30.5 Å². The van der Waals surface area contributed by atoms with Crippen LogP contribution in [-0.2, 0) is 11.3 Å². The largest absolute Gasteiger partial charge is 0.393 e. The first-order valence-corrected chi connectivity index (χ1v) is 10.7. The van der Waals surface area contributed by atoms with Gasteiger partial charge in [-0.25, -0.2) is 9.97 Å². The number of nitrogens with one attached hydrogen (secondary N) is 1. The number of aromatic nitrogens is 2. The van der Waals surface area contributed by atoms with E-state index in [2.05, 4.69) is 20.2 Å². The summed E-state index contributed by atoms with van der Waals surface area (Å²) in [6.45, 7) is 2.09. The molecule has 2 aromatic heterocycles. The van der Waals surface area contributed by atoms with Crippen LogP contribution in [0.2, 0.25) is 0 Å². The van der Waals surface area contributed by atoms with Gasteiger partial charge in [-0.2, -0.15) is 0 Å². The summed E-state index contributed by atoms with van der Waals surface area (Å²) in [5.74, 6) is -0.290. The molecule has 0 atom stereocenters. The summed E-state index contributed by atoms with van der Waals surface area (Å²) in [4.78, 5) is 23.6. The first-order valence-electron chi connectivity index (χ1n) is 9.87. The number of hydrogen-bond donors (Lipinski definition) is 2. The van der Waals surface area contributed by atoms with E-state index in [9.17, 15) is 9.90 Å². The molecule has 0 spiro atoms. The third-order valence-electron chi connectivity index (χ3n) is 5.13. The van der Waals surface area contributed by atoms with Crippen LogP contribution in [0.1, 0.15) is 28.9 Å². The number of rotatable bonds is 6. The number of piperidine rings is 1. The Morgan fingerprint density at radius 3 is 2.80 bits per heavy atom. The standard InChI is InChI=1S/C22H24N4O3S/c1-29-13-15-4-2-3-5-18(15)20-14-30-22(24-20)25-21(28)19-7-6-16(12-23-19)26-10-8-17(27)9-11-26/h2-7,12,14,17,27H,8-11,13H2,1H3,(H,24,25,28). The molecule has 0 saturated carbocycles. The van der Waals surface area contributed by atoms with Gasteiger partial charge < -0.3 is 14.7 Å². The SMILES string of the molecule is COCc1ccccc1-c1csc(NC(=O)c2ccc(N3CCC(O)CC3)cn2)n1. The fourth-order valence-electron chi connectivity index (χ4n) is 3.50. The molecule has 0 bridgehead atoms. The van der Waals surface area contributed by atoms with Crippen LogP contribution in [0.15, 0.2) is 48.0 Å². The summed E-state index contributed by atoms with van der Waals surface area (Å²) in [7, 11) is 1.66. The van der Waals surface area contributed by atoms with E-state index >= 15 is 0 Å². The van der Waals surface area contributed by atoms with Gasteiger partial charge in [0.15, 0.2) is 5.13 Å². The molecule has 1 fully saturated rings. The number of benzene rings is 1. The van der Waals surface area contributed by atoms with Crippen LogP contribution in [0.3, 0.4) is 0 Å². The predicted octanol–water partition coefficient (Wildman–Crippen LogP) is 3.56. The van der Waals surface area contributed by atoms with E-state index in [4.69, 9.17) is 4.74 Å². The first kappa shape index (κ1) is 20.5. The van der Waals surface area contributed by atoms with Crippen molar-refractivity contribution in [2.24, 2.45) is 0 Å². The molecule has 0 unspecified atom stereocenters. The van der Waals surface area contributed by atoms with Crippen molar-refractivity contribution in [1.29, 1.82) is 0 Å². The second kappa shape index (κ2) is 9.34. The van der Waals surface area contributed by atoms with Crippen LogP contribution in [0.4, 0.5) is 10.8 Å². The highest BCUT2D eigenvalue weighted by Crippen LogP contribution is 2.28. The Bertz CT molecular complexity index is 998. The van der Waals surface area contributed by atoms with Crippen LogP contribution in [0.5, 0.6) is 0 Å². The molecule has 0 aliphatic carbocycles. The number of ether oxygens (including phenoxy) is 1. The molecule has 7 nitrogen and oxygen atoms in total. The summed E-state index contributed by atoms with van der Waals surface area (Å²) in [6, 6.07) is 11.5. The minimum atomic E-state index is -0.290. The minimum absolute atomic E-state index is 0.219. The van der Waals surface area contributed by atoms with Crippen molar-refractivity contribution in [1.82, 2.24) is 9.97 Å². The fraction of sp³-hybridized carbons (Fsp3) is 0.318. The number of carbonyl (C=O) groups excluding carboxylic acids is 1. The average molecular weight is 425 g/mol. The van der Waals surface area contributed by atoms with Gasteiger partial charge in [-0.3, -0.25) is 10.1 Å². The molecule has 0 radical (unpaired) electrons. The van der Waals surface area contributed by atoms with Crippen molar-refractivity contribution in [3.8, 4) is 11.3 Å². The summed E-state index contributed by atoms with van der Waals surface area (Å²) < 4.78 is 5.26. The van der Waals surface area contributed by atoms with Gasteiger partial charge in [0.05, 0.1) is 30.3 Å². The lowest BCUT2D eigenvalue weighted by Gasteiger charge is -2.31. The Morgan fingerprint density at radius 1 is 1.27 bits per heavy atom. The fourth-order valence-corrected chi connectivity index (χ4v) is 4.20. The van der Waals surface area contributed by atoms with E-state index in [-0.39, 0.29) is 12.0 Å². The molecule has 1 aromatic carbocycles. The number of amides is 1. The van der Waals surface area contributed by atoms with Crippen LogP contribution in [-0.4, -0.2) is 47.3 Å². The maximum atomic E-state index is 12.6. The van der Waals surface area contributed by atoms with Gasteiger partial charge in [-0.1, -0.05) is 24.3 Å². The summed E-state index contributed by atoms with van der Waals surface area (Å²) in [5.41, 5.74) is 4.14. The molecule has 1 aliphatic rings. The molecule has 4 rings (SSSR count). The van der Waals surface area contributed by atoms with Crippen molar-refractivity contribution in [3.05, 3.63) is 59.2 Å². The third kappa shape index (κ3) is 4.67. The zero-order valence-corrected chi connectivity index (χ0v) is 17.6. The number of pyridine rings is 1. The maximum Gasteiger partial charge on any atom is 0.276 e. The molecule has 3 heterocycles. The van der Waals surface area contributed by atoms with E-state index in [0.29, 0.717) is 17.4 Å². The van der Waals surface area contributed by atoms with Crippen LogP contribution in [0, 0.1) is 0 Å². The average Bonchev–Trinajstić information content (AvgIpc) is 3.23. The van der Waals surface area contributed by atoms with Crippen molar-refractivity contribution < 1.29 is 14.6 Å². The van der Waals surface area contributed by atoms with E-state index in [1.54, 1.807) is 19.4 Å². The van der Waals surface area contributed by atoms with Crippen molar-refractivity contribution in [2.45, 2.75) is 25.6 Å². The van der Waals surface area contributed by atoms with E-state index in [1.807, 2.05) is 35.7 Å². The van der Waals surface area contributed by atoms with Crippen molar-refractivity contribution in [2.75, 3.05) is 30.4 Å². The topological polar surface area (TPSA) is 87.6 Å². The molecule has 1 aliphatic heterocycles. The Hall–Kier alpha value is -2.81. The van der Waals surface area contributed by atoms with Crippen LogP contribution in [0.25, 0.3) is 11.3 Å². The molecule has 30 heavy (non-hydrogen) atoms. The predicted molar refractivity (Wildman–Crippen MR) is 118 cm³/mol. The molecule has 1 amide bonds. The molecule has 156 valence electrons. The highest BCUT2D eigenvalue weighted by Gasteiger charge is 2.18. The Kier molecular flexibility index (Phi) is 6.37. The third-order valence-corrected chi connectivity index (χ3v) is 5.89. The number of thiazole rings is 1. The zero-order chi connectivity index (χ0) is 20.9. The molecular weight excluding hydrogens is 400 g/mol. The second-order valence-corrected chi connectivity index (χ2v) is 8.06. The van der Waals surface area contributed by atoms with Gasteiger partial charge >= 0.3 is 0 Å². The lowest BCUT2D eigenvalue weighted by Crippen LogP contribution is -2.35. The number of aliphatic hydroxyl groups is 1. The van der Waals surface area contributed by atoms with Crippen molar-refractivity contribution in [3.63, 3.8) is 0 Å². The number of aliphatic hydroxyl groups excluding tert-OH is 1. The van der Waals surface area contributed by atoms with E-state index < -0.39 is 0 Å². The molecular formula is C22H24N4O3S. The van der Waals surface area contributed by atoms with Gasteiger partial charge in [0.1, 0.15) is 5.69 Å². The monoisotopic (exact) mass is 424 g/mol. The number of hydrogen-bond acceptors (Lipinski definition) is 7. The number of carbonyl (C=O) groups is 1. The van der Waals surface area contributed by atoms with Gasteiger partial charge in [-0.15, -0.1) is 11.3 Å². The lowest BCUT2D eigenvalue weighted by atomic mass is 10.1. The maximum absolute atomic E-state index is 12.6. The summed E-state index contributed by atoms with van der Waals surface area (Å²) in [6.07, 6.45) is 2.99. The molecule has 1 saturated heterocycles. The van der Waals surface area contributed by atoms with Gasteiger partial charge in [0.25, 0.3) is 5.91 Å². The molecule has 3 aromatic rings. The molecule has 8 heteroatoms. The first-order chi connectivity index (χ1) is 14.6.